The Labute approximate surface area is 158 Å². The Kier molecular flexibility index (Phi) is 5.71. The normalized spacial score (nSPS) is 11.7. The minimum atomic E-state index is -0.432. The lowest BCUT2D eigenvalue weighted by molar-refractivity contribution is 0.0936. The van der Waals surface area contributed by atoms with E-state index in [4.69, 9.17) is 9.47 Å². The third kappa shape index (κ3) is 4.08. The number of benzene rings is 1. The number of hydrogen-bond donors (Lipinski definition) is 1. The lowest BCUT2D eigenvalue weighted by atomic mass is 10.1. The Bertz CT molecular complexity index is 906. The van der Waals surface area contributed by atoms with E-state index in [1.54, 1.807) is 31.6 Å². The Morgan fingerprint density at radius 2 is 1.96 bits per heavy atom. The topological polar surface area (TPSA) is 78.3 Å². The molecule has 140 valence electrons. The molecule has 2 aromatic heterocycles. The molecule has 2 heterocycles. The van der Waals surface area contributed by atoms with E-state index in [0.717, 1.165) is 17.1 Å². The smallest absolute Gasteiger partial charge is 0.257 e. The summed E-state index contributed by atoms with van der Waals surface area (Å²) in [5, 5.41) is 3.05. The van der Waals surface area contributed by atoms with Crippen molar-refractivity contribution < 1.29 is 14.3 Å². The predicted molar refractivity (Wildman–Crippen MR) is 101 cm³/mol. The molecule has 27 heavy (non-hydrogen) atoms. The number of nitrogens with one attached hydrogen (secondary N) is 1. The average molecular weight is 366 g/mol. The Balaban J connectivity index is 1.94. The fourth-order valence-corrected chi connectivity index (χ4v) is 2.77. The largest absolute Gasteiger partial charge is 0.497 e. The summed E-state index contributed by atoms with van der Waals surface area (Å²) in [6.45, 7) is 2.28. The summed E-state index contributed by atoms with van der Waals surface area (Å²) in [4.78, 5) is 21.5. The molecule has 1 N–H and O–H groups in total. The van der Waals surface area contributed by atoms with Gasteiger partial charge >= 0.3 is 0 Å². The van der Waals surface area contributed by atoms with Gasteiger partial charge in [-0.1, -0.05) is 12.1 Å². The van der Waals surface area contributed by atoms with Crippen LogP contribution in [0.3, 0.4) is 0 Å². The van der Waals surface area contributed by atoms with Crippen molar-refractivity contribution in [1.29, 1.82) is 0 Å². The van der Waals surface area contributed by atoms with Crippen molar-refractivity contribution >= 4 is 5.91 Å². The highest BCUT2D eigenvalue weighted by Crippen LogP contribution is 2.24. The third-order valence-corrected chi connectivity index (χ3v) is 4.14. The SMILES string of the molecule is CCOc1ncccc1C(=O)NC(c1ccc(OC)cc1)c1nccn1C. The fraction of sp³-hybridized carbons (Fsp3) is 0.250. The molecule has 0 bridgehead atoms. The molecule has 3 aromatic rings. The van der Waals surface area contributed by atoms with Gasteiger partial charge in [0.1, 0.15) is 23.2 Å². The fourth-order valence-electron chi connectivity index (χ4n) is 2.77. The maximum atomic E-state index is 13.0. The monoisotopic (exact) mass is 366 g/mol. The summed E-state index contributed by atoms with van der Waals surface area (Å²) in [5.41, 5.74) is 1.27. The zero-order chi connectivity index (χ0) is 19.2. The molecule has 1 amide bonds. The van der Waals surface area contributed by atoms with Crippen molar-refractivity contribution in [3.63, 3.8) is 0 Å². The van der Waals surface area contributed by atoms with Crippen molar-refractivity contribution in [2.45, 2.75) is 13.0 Å². The first-order valence-corrected chi connectivity index (χ1v) is 8.64. The molecule has 3 rings (SSSR count). The summed E-state index contributed by atoms with van der Waals surface area (Å²) < 4.78 is 12.6. The minimum Gasteiger partial charge on any atom is -0.497 e. The van der Waals surface area contributed by atoms with Gasteiger partial charge < -0.3 is 19.4 Å². The van der Waals surface area contributed by atoms with Gasteiger partial charge in [0.25, 0.3) is 5.91 Å². The van der Waals surface area contributed by atoms with Gasteiger partial charge in [-0.2, -0.15) is 0 Å². The zero-order valence-corrected chi connectivity index (χ0v) is 15.5. The number of nitrogens with zero attached hydrogens (tertiary/aromatic N) is 3. The molecular weight excluding hydrogens is 344 g/mol. The minimum absolute atomic E-state index is 0.282. The quantitative estimate of drug-likeness (QED) is 0.696. The zero-order valence-electron chi connectivity index (χ0n) is 15.5. The highest BCUT2D eigenvalue weighted by atomic mass is 16.5. The van der Waals surface area contributed by atoms with E-state index >= 15 is 0 Å². The first kappa shape index (κ1) is 18.4. The van der Waals surface area contributed by atoms with Crippen LogP contribution in [0.2, 0.25) is 0 Å². The van der Waals surface area contributed by atoms with Crippen LogP contribution in [0.25, 0.3) is 0 Å². The van der Waals surface area contributed by atoms with Crippen LogP contribution in [0.15, 0.2) is 55.0 Å². The van der Waals surface area contributed by atoms with Crippen molar-refractivity contribution in [3.8, 4) is 11.6 Å². The molecule has 0 saturated carbocycles. The van der Waals surface area contributed by atoms with Gasteiger partial charge in [0.15, 0.2) is 0 Å². The summed E-state index contributed by atoms with van der Waals surface area (Å²) in [7, 11) is 3.51. The van der Waals surface area contributed by atoms with Gasteiger partial charge in [0, 0.05) is 25.6 Å². The van der Waals surface area contributed by atoms with E-state index in [0.29, 0.717) is 18.1 Å². The molecule has 0 aliphatic heterocycles. The van der Waals surface area contributed by atoms with Crippen LogP contribution in [0.4, 0.5) is 0 Å². The molecule has 7 nitrogen and oxygen atoms in total. The maximum Gasteiger partial charge on any atom is 0.257 e. The highest BCUT2D eigenvalue weighted by molar-refractivity contribution is 5.96. The molecule has 0 spiro atoms. The van der Waals surface area contributed by atoms with Gasteiger partial charge in [0.05, 0.1) is 13.7 Å². The Hall–Kier alpha value is -3.35. The number of carbonyl (C=O) groups excluding carboxylic acids is 1. The summed E-state index contributed by atoms with van der Waals surface area (Å²) in [5.74, 6) is 1.49. The number of pyridine rings is 1. The van der Waals surface area contributed by atoms with Gasteiger partial charge in [-0.3, -0.25) is 4.79 Å². The van der Waals surface area contributed by atoms with Crippen molar-refractivity contribution in [2.75, 3.05) is 13.7 Å². The predicted octanol–water partition coefficient (Wildman–Crippen LogP) is 2.74. The van der Waals surface area contributed by atoms with E-state index in [-0.39, 0.29) is 5.91 Å². The van der Waals surface area contributed by atoms with Gasteiger partial charge in [0.2, 0.25) is 5.88 Å². The highest BCUT2D eigenvalue weighted by Gasteiger charge is 2.23. The number of imidazole rings is 1. The number of carbonyl (C=O) groups is 1. The second kappa shape index (κ2) is 8.35. The lowest BCUT2D eigenvalue weighted by Gasteiger charge is -2.20. The van der Waals surface area contributed by atoms with Crippen molar-refractivity contribution in [2.24, 2.45) is 7.05 Å². The van der Waals surface area contributed by atoms with Crippen molar-refractivity contribution in [1.82, 2.24) is 19.9 Å². The van der Waals surface area contributed by atoms with Crippen molar-refractivity contribution in [3.05, 3.63) is 71.9 Å². The molecule has 0 fully saturated rings. The summed E-state index contributed by atoms with van der Waals surface area (Å²) >= 11 is 0. The van der Waals surface area contributed by atoms with Crippen LogP contribution < -0.4 is 14.8 Å². The average Bonchev–Trinajstić information content (AvgIpc) is 3.12. The molecule has 1 aromatic carbocycles. The second-order valence-electron chi connectivity index (χ2n) is 5.87. The summed E-state index contributed by atoms with van der Waals surface area (Å²) in [6, 6.07) is 10.5. The Morgan fingerprint density at radius 1 is 1.19 bits per heavy atom. The number of methoxy groups -OCH3 is 1. The first-order chi connectivity index (χ1) is 13.1. The molecule has 0 aliphatic carbocycles. The van der Waals surface area contributed by atoms with E-state index in [1.165, 1.54) is 0 Å². The first-order valence-electron chi connectivity index (χ1n) is 8.64. The standard InChI is InChI=1S/C20H22N4O3/c1-4-27-20-16(6-5-11-22-20)19(25)23-17(18-21-12-13-24(18)2)14-7-9-15(26-3)10-8-14/h5-13,17H,4H2,1-3H3,(H,23,25). The molecule has 0 radical (unpaired) electrons. The van der Waals surface area contributed by atoms with E-state index in [2.05, 4.69) is 15.3 Å². The van der Waals surface area contributed by atoms with E-state index in [9.17, 15) is 4.79 Å². The van der Waals surface area contributed by atoms with Crippen LogP contribution in [-0.2, 0) is 7.05 Å². The number of aromatic nitrogens is 3. The van der Waals surface area contributed by atoms with Gasteiger partial charge in [-0.05, 0) is 36.8 Å². The molecule has 0 saturated heterocycles. The Morgan fingerprint density at radius 3 is 2.59 bits per heavy atom. The third-order valence-electron chi connectivity index (χ3n) is 4.14. The number of amides is 1. The van der Waals surface area contributed by atoms with Crippen LogP contribution in [-0.4, -0.2) is 34.2 Å². The molecule has 0 aliphatic rings. The number of ether oxygens (including phenoxy) is 2. The van der Waals surface area contributed by atoms with Crippen LogP contribution in [0, 0.1) is 0 Å². The van der Waals surface area contributed by atoms with Crippen LogP contribution in [0.1, 0.15) is 34.7 Å². The number of aryl methyl sites for hydroxylation is 1. The van der Waals surface area contributed by atoms with E-state index in [1.807, 2.05) is 49.0 Å². The molecule has 1 atom stereocenters. The molecule has 1 unspecified atom stereocenters. The number of hydrogen-bond acceptors (Lipinski definition) is 5. The maximum absolute atomic E-state index is 13.0. The van der Waals surface area contributed by atoms with Crippen LogP contribution >= 0.6 is 0 Å². The van der Waals surface area contributed by atoms with Crippen LogP contribution in [0.5, 0.6) is 11.6 Å². The van der Waals surface area contributed by atoms with Gasteiger partial charge in [-0.15, -0.1) is 0 Å². The summed E-state index contributed by atoms with van der Waals surface area (Å²) in [6.07, 6.45) is 5.14. The molecular formula is C20H22N4O3. The van der Waals surface area contributed by atoms with E-state index < -0.39 is 6.04 Å². The molecule has 7 heteroatoms. The van der Waals surface area contributed by atoms with Gasteiger partial charge in [-0.25, -0.2) is 9.97 Å². The number of rotatable bonds is 7. The lowest BCUT2D eigenvalue weighted by Crippen LogP contribution is -2.31. The second-order valence-corrected chi connectivity index (χ2v) is 5.87.